The largest absolute Gasteiger partial charge is 0.241 e. The van der Waals surface area contributed by atoms with Gasteiger partial charge in [-0.2, -0.15) is 0 Å². The molecule has 3 atom stereocenters. The van der Waals surface area contributed by atoms with Crippen LogP contribution in [-0.2, 0) is 48.0 Å². The average Bonchev–Trinajstić information content (AvgIpc) is 0.730. The monoisotopic (exact) mass is 1510 g/mol. The van der Waals surface area contributed by atoms with E-state index in [-0.39, 0.29) is 23.9 Å². The topological polar surface area (TPSA) is 148 Å². The van der Waals surface area contributed by atoms with Crippen LogP contribution in [0.1, 0.15) is 140 Å². The van der Waals surface area contributed by atoms with Crippen LogP contribution in [0, 0.1) is 47.4 Å². The second-order valence-electron chi connectivity index (χ2n) is 27.5. The summed E-state index contributed by atoms with van der Waals surface area (Å²) >= 11 is 0. The van der Waals surface area contributed by atoms with Crippen molar-refractivity contribution in [1.29, 1.82) is 0 Å². The average molecular weight is 1510 g/mol. The Balaban J connectivity index is 0.000000158. The SMILES string of the molecule is Cc1ncc(-c2cc[n+](C)c(-c3ccccc3C)c2)cn1.[2H]C([2H])([2H])C([2H])(C)C([2H])([2H])c1nccc(-c2cc[n+](C)c(-c3ccccc3C)c2)n1.[2H]C([2H])([2H])C([2H])(C)c1ncc(-c2cc[n+](C)c(-c3ccccc3C)c2)cn1.[2H]C([2H])([2H])C([2H])(C)c1nccc(-c2cc[n+](C)c(-c3ccccc3C)c2)n1.[2H]C([2H])([2H])Cc1ncc(-c2cc[n+](C)c(-c3ccccc3C)c2)cn1. The van der Waals surface area contributed by atoms with E-state index in [9.17, 15) is 0 Å². The minimum Gasteiger partial charge on any atom is -0.241 e. The number of hydrogen-bond acceptors (Lipinski definition) is 10. The van der Waals surface area contributed by atoms with E-state index in [1.165, 1.54) is 59.8 Å². The summed E-state index contributed by atoms with van der Waals surface area (Å²) in [5, 5.41) is 0. The van der Waals surface area contributed by atoms with E-state index in [1.807, 2.05) is 185 Å². The van der Waals surface area contributed by atoms with E-state index in [0.717, 1.165) is 108 Å². The van der Waals surface area contributed by atoms with Crippen molar-refractivity contribution >= 4 is 0 Å². The third kappa shape index (κ3) is 21.0. The van der Waals surface area contributed by atoms with Gasteiger partial charge in [0.2, 0.25) is 28.5 Å². The highest BCUT2D eigenvalue weighted by atomic mass is 15.0. The van der Waals surface area contributed by atoms with E-state index in [4.69, 9.17) is 23.3 Å². The van der Waals surface area contributed by atoms with Crippen LogP contribution in [0.5, 0.6) is 0 Å². The van der Waals surface area contributed by atoms with Crippen molar-refractivity contribution in [2.45, 2.75) is 114 Å². The fourth-order valence-corrected chi connectivity index (χ4v) is 12.6. The first kappa shape index (κ1) is 61.0. The summed E-state index contributed by atoms with van der Waals surface area (Å²) in [7, 11) is 10.00. The van der Waals surface area contributed by atoms with Gasteiger partial charge < -0.3 is 0 Å². The molecule has 0 N–H and O–H groups in total. The van der Waals surface area contributed by atoms with Crippen LogP contribution in [0.25, 0.3) is 112 Å². The van der Waals surface area contributed by atoms with Gasteiger partial charge in [-0.05, 0) is 134 Å². The molecular formula is C98H106N15+5. The maximum atomic E-state index is 8.31. The van der Waals surface area contributed by atoms with Crippen molar-refractivity contribution in [2.75, 3.05) is 0 Å². The Kier molecular flexibility index (Phi) is 20.6. The second kappa shape index (κ2) is 38.3. The van der Waals surface area contributed by atoms with Crippen LogP contribution in [0.15, 0.2) is 275 Å². The predicted octanol–water partition coefficient (Wildman–Crippen LogP) is 19.0. The zero-order valence-electron chi connectivity index (χ0n) is 83.4. The molecule has 0 radical (unpaired) electrons. The molecule has 0 amide bonds. The van der Waals surface area contributed by atoms with Gasteiger partial charge in [0.05, 0.1) is 11.4 Å². The highest BCUT2D eigenvalue weighted by Crippen LogP contribution is 2.31. The van der Waals surface area contributed by atoms with E-state index in [2.05, 4.69) is 189 Å². The first-order valence-corrected chi connectivity index (χ1v) is 37.0. The minimum atomic E-state index is -2.84. The number of pyridine rings is 5. The van der Waals surface area contributed by atoms with Gasteiger partial charge in [-0.3, -0.25) is 0 Å². The predicted molar refractivity (Wildman–Crippen MR) is 455 cm³/mol. The van der Waals surface area contributed by atoms with Gasteiger partial charge in [-0.1, -0.05) is 139 Å². The Morgan fingerprint density at radius 1 is 0.327 bits per heavy atom. The summed E-state index contributed by atoms with van der Waals surface area (Å²) in [6.07, 6.45) is 20.4. The Labute approximate surface area is 692 Å². The maximum Gasteiger partial charge on any atom is 0.213 e. The van der Waals surface area contributed by atoms with Crippen LogP contribution in [0.2, 0.25) is 0 Å². The molecule has 0 aliphatic rings. The van der Waals surface area contributed by atoms with Crippen LogP contribution >= 0.6 is 0 Å². The lowest BCUT2D eigenvalue weighted by Gasteiger charge is -2.08. The molecule has 15 nitrogen and oxygen atoms in total. The van der Waals surface area contributed by atoms with Gasteiger partial charge in [0.1, 0.15) is 64.4 Å². The molecule has 0 saturated heterocycles. The molecule has 15 rings (SSSR count). The van der Waals surface area contributed by atoms with Crippen LogP contribution in [0.4, 0.5) is 0 Å². The summed E-state index contributed by atoms with van der Waals surface area (Å²) in [4.78, 5) is 42.0. The molecule has 15 aromatic rings. The number of rotatable bonds is 15. The first-order valence-electron chi connectivity index (χ1n) is 45.5. The smallest absolute Gasteiger partial charge is 0.213 e. The lowest BCUT2D eigenvalue weighted by atomic mass is 10.0. The number of aromatic nitrogens is 15. The Morgan fingerprint density at radius 2 is 0.646 bits per heavy atom. The van der Waals surface area contributed by atoms with Crippen molar-refractivity contribution in [3.8, 4) is 112 Å². The number of benzene rings is 5. The highest BCUT2D eigenvalue weighted by Gasteiger charge is 2.21. The number of hydrogen-bond donors (Lipinski definition) is 0. The van der Waals surface area contributed by atoms with E-state index in [0.29, 0.717) is 17.2 Å². The fraction of sp³-hybridized carbons (Fsp3) is 0.235. The zero-order chi connectivity index (χ0) is 94.8. The molecule has 113 heavy (non-hydrogen) atoms. The van der Waals surface area contributed by atoms with Gasteiger partial charge in [0, 0.05) is 214 Å². The molecule has 10 aromatic heterocycles. The quantitative estimate of drug-likeness (QED) is 0.0908. The Hall–Kier alpha value is -12.8. The molecule has 0 saturated carbocycles. The summed E-state index contributed by atoms with van der Waals surface area (Å²) in [5.74, 6) is -5.34. The molecule has 5 aromatic carbocycles. The van der Waals surface area contributed by atoms with E-state index >= 15 is 0 Å². The fourth-order valence-electron chi connectivity index (χ4n) is 12.6. The standard InChI is InChI=1S/C21H24N3.2C20H22N3.C19H20N3.C18H18N3/c1-15(2)13-21-22-11-9-19(23-21)17-10-12-24(4)20(14-17)18-8-6-5-7-16(18)3;1-14(2)20-21-11-9-18(22-20)16-10-12-23(4)19(13-16)17-8-6-5-7-15(17)3;1-14(2)20-21-12-17(13-22-20)16-9-10-23(4)19(11-16)18-8-6-5-7-15(18)3;1-4-19-20-12-16(13-21-19)15-9-10-22(3)18(11-15)17-8-6-5-7-14(17)2;1-13-6-4-5-7-17(13)18-10-15(8-9-21(18)3)16-11-19-14(2)20-12-16/h5-12,14-15H,13H2,1-4H3;2*5-14H,1-4H3;5-13H,4H2,1-3H3;4-12H,1-3H3/q5*+1/i1D3,13D2,15D;2*1D3,14D;1D3;. The molecule has 10 heterocycles. The molecule has 0 aliphatic heterocycles. The molecule has 568 valence electrons. The minimum absolute atomic E-state index is 0.00753. The van der Waals surface area contributed by atoms with Crippen LogP contribution in [0.3, 0.4) is 0 Å². The van der Waals surface area contributed by atoms with Crippen molar-refractivity contribution < 1.29 is 46.1 Å². The number of aryl methyl sites for hydroxylation is 12. The van der Waals surface area contributed by atoms with Crippen molar-refractivity contribution in [2.24, 2.45) is 41.1 Å². The summed E-state index contributed by atoms with van der Waals surface area (Å²) < 4.78 is 141. The maximum absolute atomic E-state index is 8.31. The number of nitrogens with zero attached hydrogens (tertiary/aromatic N) is 15. The van der Waals surface area contributed by atoms with Gasteiger partial charge in [-0.15, -0.1) is 0 Å². The van der Waals surface area contributed by atoms with Crippen molar-refractivity contribution in [3.05, 3.63) is 332 Å². The van der Waals surface area contributed by atoms with Gasteiger partial charge in [0.25, 0.3) is 0 Å². The summed E-state index contributed by atoms with van der Waals surface area (Å²) in [6, 6.07) is 64.5. The van der Waals surface area contributed by atoms with Gasteiger partial charge >= 0.3 is 0 Å². The Morgan fingerprint density at radius 3 is 1.00 bits per heavy atom. The lowest BCUT2D eigenvalue weighted by Crippen LogP contribution is -2.30. The molecule has 0 spiro atoms. The van der Waals surface area contributed by atoms with E-state index in [1.54, 1.807) is 36.9 Å². The molecular weight excluding hydrogens is 1390 g/mol. The highest BCUT2D eigenvalue weighted by molar-refractivity contribution is 5.74. The van der Waals surface area contributed by atoms with Crippen LogP contribution in [-0.4, -0.2) is 49.8 Å². The molecule has 15 heteroatoms. The molecule has 0 fully saturated rings. The van der Waals surface area contributed by atoms with Crippen LogP contribution < -0.4 is 22.8 Å². The molecule has 0 aliphatic carbocycles. The van der Waals surface area contributed by atoms with E-state index < -0.39 is 51.5 Å². The van der Waals surface area contributed by atoms with Crippen molar-refractivity contribution in [3.63, 3.8) is 0 Å². The van der Waals surface area contributed by atoms with Gasteiger partial charge in [-0.25, -0.2) is 72.7 Å². The van der Waals surface area contributed by atoms with Crippen molar-refractivity contribution in [1.82, 2.24) is 49.8 Å². The lowest BCUT2D eigenvalue weighted by molar-refractivity contribution is -0.660. The molecule has 0 bridgehead atoms. The van der Waals surface area contributed by atoms with Gasteiger partial charge in [0.15, 0.2) is 31.0 Å². The Bertz CT molecular complexity index is 6500. The summed E-state index contributed by atoms with van der Waals surface area (Å²) in [5.41, 5.74) is 25.4. The third-order valence-electron chi connectivity index (χ3n) is 19.0. The molecule has 3 unspecified atom stereocenters. The normalized spacial score (nSPS) is 15.2. The zero-order valence-corrected chi connectivity index (χ0v) is 66.4. The third-order valence-corrected chi connectivity index (χ3v) is 19.0. The second-order valence-corrected chi connectivity index (χ2v) is 27.5. The first-order chi connectivity index (χ1) is 61.1. The summed E-state index contributed by atoms with van der Waals surface area (Å²) in [6.45, 7) is 6.08.